The molecule has 0 unspecified atom stereocenters. The average Bonchev–Trinajstić information content (AvgIpc) is 3.37. The maximum absolute atomic E-state index is 13.1. The van der Waals surface area contributed by atoms with Gasteiger partial charge in [0.05, 0.1) is 35.6 Å². The highest BCUT2D eigenvalue weighted by Crippen LogP contribution is 2.27. The van der Waals surface area contributed by atoms with Crippen LogP contribution in [-0.4, -0.2) is 41.0 Å². The van der Waals surface area contributed by atoms with E-state index in [0.29, 0.717) is 32.9 Å². The van der Waals surface area contributed by atoms with Gasteiger partial charge in [-0.05, 0) is 66.9 Å². The highest BCUT2D eigenvalue weighted by atomic mass is 35.5. The van der Waals surface area contributed by atoms with Crippen LogP contribution in [0.4, 0.5) is 18.9 Å². The van der Waals surface area contributed by atoms with E-state index in [-0.39, 0.29) is 48.5 Å². The number of aromatic amines is 1. The minimum Gasteiger partial charge on any atom is -0.494 e. The van der Waals surface area contributed by atoms with E-state index in [1.54, 1.807) is 37.3 Å². The largest absolute Gasteiger partial charge is 0.494 e. The van der Waals surface area contributed by atoms with Crippen LogP contribution in [0.1, 0.15) is 44.7 Å². The Kier molecular flexibility index (Phi) is 9.34. The Morgan fingerprint density at radius 2 is 1.85 bits per heavy atom. The number of nitrogens with one attached hydrogen (secondary N) is 2. The molecule has 7 nitrogen and oxygen atoms in total. The van der Waals surface area contributed by atoms with Crippen molar-refractivity contribution < 1.29 is 32.2 Å². The Balaban J connectivity index is 1.40. The van der Waals surface area contributed by atoms with E-state index in [4.69, 9.17) is 32.7 Å². The number of amides is 1. The van der Waals surface area contributed by atoms with Crippen molar-refractivity contribution in [2.24, 2.45) is 0 Å². The molecule has 210 valence electrons. The summed E-state index contributed by atoms with van der Waals surface area (Å²) in [6, 6.07) is 12.9. The number of H-pyrrole nitrogens is 1. The van der Waals surface area contributed by atoms with Gasteiger partial charge in [-0.1, -0.05) is 29.3 Å². The normalized spacial score (nSPS) is 11.6. The minimum absolute atomic E-state index is 0.00241. The van der Waals surface area contributed by atoms with E-state index in [2.05, 4.69) is 15.3 Å². The molecule has 1 amide bonds. The van der Waals surface area contributed by atoms with Gasteiger partial charge in [-0.15, -0.1) is 0 Å². The van der Waals surface area contributed by atoms with Crippen LogP contribution in [0.2, 0.25) is 10.0 Å². The molecule has 0 bridgehead atoms. The molecule has 0 saturated heterocycles. The number of alkyl halides is 3. The van der Waals surface area contributed by atoms with Crippen molar-refractivity contribution in [2.45, 2.75) is 32.5 Å². The van der Waals surface area contributed by atoms with Crippen LogP contribution in [0.3, 0.4) is 0 Å². The van der Waals surface area contributed by atoms with Crippen molar-refractivity contribution in [1.82, 2.24) is 9.97 Å². The van der Waals surface area contributed by atoms with Crippen molar-refractivity contribution in [3.8, 4) is 5.75 Å². The number of carbonyl (C=O) groups is 2. The van der Waals surface area contributed by atoms with Crippen LogP contribution >= 0.6 is 23.2 Å². The number of benzene rings is 3. The Bertz CT molecular complexity index is 1540. The number of hydrogen-bond acceptors (Lipinski definition) is 5. The van der Waals surface area contributed by atoms with Crippen LogP contribution in [0.25, 0.3) is 11.0 Å². The highest BCUT2D eigenvalue weighted by Gasteiger charge is 2.26. The molecular weight excluding hydrogens is 570 g/mol. The Hall–Kier alpha value is -3.60. The van der Waals surface area contributed by atoms with Gasteiger partial charge in [0.1, 0.15) is 17.9 Å². The highest BCUT2D eigenvalue weighted by molar-refractivity contribution is 6.34. The maximum atomic E-state index is 13.1. The van der Waals surface area contributed by atoms with Crippen LogP contribution in [0.5, 0.6) is 5.75 Å². The first-order valence-corrected chi connectivity index (χ1v) is 12.9. The summed E-state index contributed by atoms with van der Waals surface area (Å²) < 4.78 is 47.9. The molecule has 0 saturated carbocycles. The molecule has 0 spiro atoms. The van der Waals surface area contributed by atoms with Crippen molar-refractivity contribution in [3.63, 3.8) is 0 Å². The lowest BCUT2D eigenvalue weighted by Crippen LogP contribution is -2.14. The zero-order valence-electron chi connectivity index (χ0n) is 21.2. The molecule has 4 aromatic rings. The predicted molar refractivity (Wildman–Crippen MR) is 146 cm³/mol. The monoisotopic (exact) mass is 593 g/mol. The van der Waals surface area contributed by atoms with Gasteiger partial charge in [-0.2, -0.15) is 13.2 Å². The first-order chi connectivity index (χ1) is 19.0. The third-order valence-electron chi connectivity index (χ3n) is 5.96. The van der Waals surface area contributed by atoms with Gasteiger partial charge < -0.3 is 19.8 Å². The number of carbonyl (C=O) groups excluding carboxylic acids is 2. The molecule has 0 aliphatic rings. The molecule has 40 heavy (non-hydrogen) atoms. The third-order valence-corrected chi connectivity index (χ3v) is 6.70. The summed E-state index contributed by atoms with van der Waals surface area (Å²) in [5.74, 6) is -0.604. The molecule has 1 aromatic heterocycles. The lowest BCUT2D eigenvalue weighted by atomic mass is 10.1. The number of imidazole rings is 1. The zero-order chi connectivity index (χ0) is 28.9. The molecule has 0 atom stereocenters. The Morgan fingerprint density at radius 3 is 2.62 bits per heavy atom. The van der Waals surface area contributed by atoms with E-state index >= 15 is 0 Å². The van der Waals surface area contributed by atoms with Gasteiger partial charge in [0, 0.05) is 22.7 Å². The topological polar surface area (TPSA) is 93.3 Å². The number of ether oxygens (including phenoxy) is 2. The fourth-order valence-electron chi connectivity index (χ4n) is 3.91. The van der Waals surface area contributed by atoms with Gasteiger partial charge in [0.2, 0.25) is 0 Å². The standard InChI is InChI=1S/C28H24Cl2F3N3O4/c1-16-21(29)4-2-5-23(16)36-27(38)20-10-17(11-24-26(20)35-15-34-24)13-39-14-25(37)19-12-18(6-7-22(19)30)40-9-3-8-28(31,32)33/h2,4-7,10-12,15H,3,8-9,13-14H2,1H3,(H,34,35)(H,36,38). The molecule has 1 heterocycles. The number of hydrogen-bond donors (Lipinski definition) is 2. The van der Waals surface area contributed by atoms with Crippen LogP contribution in [-0.2, 0) is 11.3 Å². The van der Waals surface area contributed by atoms with Gasteiger partial charge in [0.15, 0.2) is 5.78 Å². The molecule has 0 aliphatic carbocycles. The number of nitrogens with zero attached hydrogens (tertiary/aromatic N) is 1. The Labute approximate surface area is 237 Å². The predicted octanol–water partition coefficient (Wildman–Crippen LogP) is 7.55. The van der Waals surface area contributed by atoms with Crippen molar-refractivity contribution in [3.05, 3.63) is 87.2 Å². The van der Waals surface area contributed by atoms with Crippen molar-refractivity contribution in [2.75, 3.05) is 18.5 Å². The molecule has 3 aromatic carbocycles. The molecule has 2 N–H and O–H groups in total. The number of ketones is 1. The second kappa shape index (κ2) is 12.7. The van der Waals surface area contributed by atoms with E-state index in [1.165, 1.54) is 24.5 Å². The molecule has 12 heteroatoms. The second-order valence-electron chi connectivity index (χ2n) is 8.93. The van der Waals surface area contributed by atoms with E-state index in [1.807, 2.05) is 0 Å². The van der Waals surface area contributed by atoms with Gasteiger partial charge in [-0.25, -0.2) is 4.98 Å². The summed E-state index contributed by atoms with van der Waals surface area (Å²) in [6.07, 6.45) is -3.96. The summed E-state index contributed by atoms with van der Waals surface area (Å²) in [7, 11) is 0. The summed E-state index contributed by atoms with van der Waals surface area (Å²) in [4.78, 5) is 33.1. The van der Waals surface area contributed by atoms with E-state index in [0.717, 1.165) is 5.56 Å². The zero-order valence-corrected chi connectivity index (χ0v) is 22.7. The average molecular weight is 594 g/mol. The molecular formula is C28H24Cl2F3N3O4. The second-order valence-corrected chi connectivity index (χ2v) is 9.75. The van der Waals surface area contributed by atoms with Crippen LogP contribution in [0, 0.1) is 6.92 Å². The van der Waals surface area contributed by atoms with E-state index < -0.39 is 18.4 Å². The fourth-order valence-corrected chi connectivity index (χ4v) is 4.31. The maximum Gasteiger partial charge on any atom is 0.389 e. The minimum atomic E-state index is -4.26. The fraction of sp³-hybridized carbons (Fsp3) is 0.250. The first kappa shape index (κ1) is 29.4. The first-order valence-electron chi connectivity index (χ1n) is 12.1. The van der Waals surface area contributed by atoms with Crippen LogP contribution < -0.4 is 10.1 Å². The van der Waals surface area contributed by atoms with Crippen molar-refractivity contribution in [1.29, 1.82) is 0 Å². The summed E-state index contributed by atoms with van der Waals surface area (Å²) in [6.45, 7) is 1.31. The van der Waals surface area contributed by atoms with Gasteiger partial charge in [-0.3, -0.25) is 9.59 Å². The number of Topliss-reactive ketones (excluding diaryl/α,β-unsaturated/α-hetero) is 1. The number of fused-ring (bicyclic) bond motifs is 1. The van der Waals surface area contributed by atoms with Crippen molar-refractivity contribution >= 4 is 51.6 Å². The Morgan fingerprint density at radius 1 is 1.05 bits per heavy atom. The smallest absolute Gasteiger partial charge is 0.389 e. The lowest BCUT2D eigenvalue weighted by Gasteiger charge is -2.12. The lowest BCUT2D eigenvalue weighted by molar-refractivity contribution is -0.136. The van der Waals surface area contributed by atoms with E-state index in [9.17, 15) is 22.8 Å². The third kappa shape index (κ3) is 7.53. The van der Waals surface area contributed by atoms with Gasteiger partial charge >= 0.3 is 6.18 Å². The quantitative estimate of drug-likeness (QED) is 0.138. The number of halogens is 5. The molecule has 0 aliphatic heterocycles. The van der Waals surface area contributed by atoms with Crippen LogP contribution in [0.15, 0.2) is 54.9 Å². The number of aromatic nitrogens is 2. The summed E-state index contributed by atoms with van der Waals surface area (Å²) >= 11 is 12.3. The van der Waals surface area contributed by atoms with Gasteiger partial charge in [0.25, 0.3) is 5.91 Å². The molecule has 0 radical (unpaired) electrons. The summed E-state index contributed by atoms with van der Waals surface area (Å²) in [5, 5.41) is 3.53. The SMILES string of the molecule is Cc1c(Cl)cccc1NC(=O)c1cc(COCC(=O)c2cc(OCCCC(F)(F)F)ccc2Cl)cc2[nH]cnc12. The molecule has 4 rings (SSSR count). The molecule has 0 fully saturated rings. The number of anilines is 1. The number of rotatable bonds is 11. The summed E-state index contributed by atoms with van der Waals surface area (Å²) in [5.41, 5.74) is 3.41.